The van der Waals surface area contributed by atoms with Gasteiger partial charge < -0.3 is 14.6 Å². The third kappa shape index (κ3) is 3.54. The number of oxazole rings is 1. The number of halogens is 1. The molecule has 2 aromatic rings. The van der Waals surface area contributed by atoms with Crippen molar-refractivity contribution in [3.05, 3.63) is 46.4 Å². The van der Waals surface area contributed by atoms with Gasteiger partial charge in [0.1, 0.15) is 6.07 Å². The van der Waals surface area contributed by atoms with Crippen molar-refractivity contribution in [2.24, 2.45) is 0 Å². The van der Waals surface area contributed by atoms with Crippen LogP contribution in [-0.4, -0.2) is 30.5 Å². The van der Waals surface area contributed by atoms with Crippen molar-refractivity contribution in [3.63, 3.8) is 0 Å². The minimum absolute atomic E-state index is 0.0515. The lowest BCUT2D eigenvalue weighted by molar-refractivity contribution is 0.310. The van der Waals surface area contributed by atoms with Crippen molar-refractivity contribution in [2.45, 2.75) is 13.0 Å². The Hall–Kier alpha value is -2.03. The second-order valence-corrected chi connectivity index (χ2v) is 5.31. The molecule has 0 amide bonds. The number of benzene rings is 1. The lowest BCUT2D eigenvalue weighted by Crippen LogP contribution is -2.27. The molecule has 0 fully saturated rings. The summed E-state index contributed by atoms with van der Waals surface area (Å²) in [6, 6.07) is 9.78. The summed E-state index contributed by atoms with van der Waals surface area (Å²) in [6.45, 7) is 2.27. The lowest BCUT2D eigenvalue weighted by Gasteiger charge is -2.25. The Morgan fingerprint density at radius 3 is 2.76 bits per heavy atom. The van der Waals surface area contributed by atoms with Gasteiger partial charge in [0, 0.05) is 18.5 Å². The zero-order chi connectivity index (χ0) is 15.4. The van der Waals surface area contributed by atoms with Gasteiger partial charge in [-0.05, 0) is 25.7 Å². The monoisotopic (exact) mass is 304 g/mol. The highest BCUT2D eigenvalue weighted by atomic mass is 35.5. The summed E-state index contributed by atoms with van der Waals surface area (Å²) in [5, 5.41) is 12.9. The van der Waals surface area contributed by atoms with Crippen LogP contribution < -0.4 is 5.32 Å². The van der Waals surface area contributed by atoms with Crippen LogP contribution >= 0.6 is 11.6 Å². The number of rotatable bonds is 5. The molecule has 110 valence electrons. The van der Waals surface area contributed by atoms with Gasteiger partial charge in [0.05, 0.1) is 6.04 Å². The van der Waals surface area contributed by atoms with Crippen LogP contribution in [0.15, 0.2) is 28.7 Å². The van der Waals surface area contributed by atoms with E-state index in [0.29, 0.717) is 23.3 Å². The molecule has 0 saturated carbocycles. The van der Waals surface area contributed by atoms with Gasteiger partial charge in [-0.3, -0.25) is 0 Å². The van der Waals surface area contributed by atoms with Crippen molar-refractivity contribution in [1.29, 1.82) is 5.26 Å². The molecule has 0 radical (unpaired) electrons. The van der Waals surface area contributed by atoms with Crippen LogP contribution in [0.4, 0.5) is 5.88 Å². The van der Waals surface area contributed by atoms with Crippen LogP contribution in [0, 0.1) is 18.3 Å². The van der Waals surface area contributed by atoms with E-state index in [1.54, 1.807) is 6.92 Å². The molecule has 1 N–H and O–H groups in total. The van der Waals surface area contributed by atoms with Crippen molar-refractivity contribution < 1.29 is 4.42 Å². The largest absolute Gasteiger partial charge is 0.424 e. The van der Waals surface area contributed by atoms with E-state index < -0.39 is 0 Å². The predicted octanol–water partition coefficient (Wildman–Crippen LogP) is 3.22. The maximum absolute atomic E-state index is 9.02. The molecule has 6 heteroatoms. The molecule has 1 aromatic carbocycles. The van der Waals surface area contributed by atoms with Crippen LogP contribution in [0.3, 0.4) is 0 Å². The molecule has 0 spiro atoms. The smallest absolute Gasteiger partial charge is 0.232 e. The molecule has 0 aliphatic carbocycles. The summed E-state index contributed by atoms with van der Waals surface area (Å²) < 4.78 is 5.41. The molecular weight excluding hydrogens is 288 g/mol. The molecule has 1 atom stereocenters. The first-order chi connectivity index (χ1) is 10.0. The average Bonchev–Trinajstić information content (AvgIpc) is 2.81. The zero-order valence-corrected chi connectivity index (χ0v) is 13.0. The molecule has 0 unspecified atom stereocenters. The Morgan fingerprint density at radius 1 is 1.43 bits per heavy atom. The average molecular weight is 305 g/mol. The predicted molar refractivity (Wildman–Crippen MR) is 82.3 cm³/mol. The van der Waals surface area contributed by atoms with Crippen LogP contribution in [-0.2, 0) is 0 Å². The molecule has 0 aliphatic rings. The van der Waals surface area contributed by atoms with E-state index in [1.165, 1.54) is 0 Å². The maximum Gasteiger partial charge on any atom is 0.232 e. The lowest BCUT2D eigenvalue weighted by atomic mass is 10.1. The van der Waals surface area contributed by atoms with E-state index in [-0.39, 0.29) is 11.7 Å². The zero-order valence-electron chi connectivity index (χ0n) is 12.2. The van der Waals surface area contributed by atoms with Gasteiger partial charge in [-0.2, -0.15) is 5.26 Å². The topological polar surface area (TPSA) is 65.1 Å². The Kier molecular flexibility index (Phi) is 4.84. The van der Waals surface area contributed by atoms with Crippen molar-refractivity contribution >= 4 is 17.5 Å². The van der Waals surface area contributed by atoms with Crippen LogP contribution in [0.5, 0.6) is 0 Å². The summed E-state index contributed by atoms with van der Waals surface area (Å²) in [6.07, 6.45) is 0. The molecule has 0 aliphatic heterocycles. The first kappa shape index (κ1) is 15.4. The van der Waals surface area contributed by atoms with Gasteiger partial charge in [-0.25, -0.2) is 4.98 Å². The number of nitrogens with zero attached hydrogens (tertiary/aromatic N) is 3. The number of anilines is 1. The van der Waals surface area contributed by atoms with E-state index in [9.17, 15) is 0 Å². The fraction of sp³-hybridized carbons (Fsp3) is 0.333. The Balaban J connectivity index is 2.18. The molecule has 21 heavy (non-hydrogen) atoms. The second-order valence-electron chi connectivity index (χ2n) is 4.90. The number of nitriles is 1. The molecule has 1 aromatic heterocycles. The number of aryl methyl sites for hydroxylation is 1. The number of hydrogen-bond donors (Lipinski definition) is 1. The van der Waals surface area contributed by atoms with Crippen molar-refractivity contribution in [2.75, 3.05) is 26.0 Å². The highest BCUT2D eigenvalue weighted by Gasteiger charge is 2.18. The number of nitrogens with one attached hydrogen (secondary N) is 1. The number of aromatic nitrogens is 1. The molecule has 1 heterocycles. The minimum Gasteiger partial charge on any atom is -0.424 e. The summed E-state index contributed by atoms with van der Waals surface area (Å²) in [5.74, 6) is 0.863. The third-order valence-corrected chi connectivity index (χ3v) is 3.53. The van der Waals surface area contributed by atoms with Crippen molar-refractivity contribution in [1.82, 2.24) is 9.88 Å². The summed E-state index contributed by atoms with van der Waals surface area (Å²) in [4.78, 5) is 6.07. The van der Waals surface area contributed by atoms with Gasteiger partial charge in [-0.1, -0.05) is 29.8 Å². The van der Waals surface area contributed by atoms with E-state index in [0.717, 1.165) is 5.56 Å². The van der Waals surface area contributed by atoms with Gasteiger partial charge in [-0.15, -0.1) is 0 Å². The first-order valence-corrected chi connectivity index (χ1v) is 6.93. The quantitative estimate of drug-likeness (QED) is 0.918. The normalized spacial score (nSPS) is 12.2. The highest BCUT2D eigenvalue weighted by Crippen LogP contribution is 2.27. The SMILES string of the molecule is Cc1nc(C#N)c(NC[C@H](c2ccccc2Cl)N(C)C)o1. The van der Waals surface area contributed by atoms with E-state index in [2.05, 4.69) is 15.2 Å². The summed E-state index contributed by atoms with van der Waals surface area (Å²) in [5.41, 5.74) is 1.29. The Morgan fingerprint density at radius 2 is 2.14 bits per heavy atom. The van der Waals surface area contributed by atoms with Gasteiger partial charge in [0.15, 0.2) is 5.89 Å². The summed E-state index contributed by atoms with van der Waals surface area (Å²) >= 11 is 6.26. The molecule has 2 rings (SSSR count). The Bertz CT molecular complexity index is 660. The minimum atomic E-state index is 0.0515. The van der Waals surface area contributed by atoms with Gasteiger partial charge in [0.25, 0.3) is 0 Å². The fourth-order valence-corrected chi connectivity index (χ4v) is 2.39. The van der Waals surface area contributed by atoms with Gasteiger partial charge in [0.2, 0.25) is 11.6 Å². The molecular formula is C15H17ClN4O. The van der Waals surface area contributed by atoms with Gasteiger partial charge >= 0.3 is 0 Å². The van der Waals surface area contributed by atoms with E-state index >= 15 is 0 Å². The third-order valence-electron chi connectivity index (χ3n) is 3.18. The Labute approximate surface area is 129 Å². The number of likely N-dealkylation sites (N-methyl/N-ethyl adjacent to an activating group) is 1. The highest BCUT2D eigenvalue weighted by molar-refractivity contribution is 6.31. The fourth-order valence-electron chi connectivity index (χ4n) is 2.13. The maximum atomic E-state index is 9.02. The molecule has 0 bridgehead atoms. The standard InChI is InChI=1S/C15H17ClN4O/c1-10-19-13(8-17)15(21-10)18-9-14(20(2)3)11-6-4-5-7-12(11)16/h4-7,14,18H,9H2,1-3H3/t14-/m1/s1. The molecule has 5 nitrogen and oxygen atoms in total. The molecule has 0 saturated heterocycles. The van der Waals surface area contributed by atoms with Crippen LogP contribution in [0.1, 0.15) is 23.2 Å². The second kappa shape index (κ2) is 6.61. The van der Waals surface area contributed by atoms with E-state index in [1.807, 2.05) is 44.4 Å². The summed E-state index contributed by atoms with van der Waals surface area (Å²) in [7, 11) is 3.96. The number of hydrogen-bond acceptors (Lipinski definition) is 5. The van der Waals surface area contributed by atoms with Crippen LogP contribution in [0.2, 0.25) is 5.02 Å². The van der Waals surface area contributed by atoms with Crippen molar-refractivity contribution in [3.8, 4) is 6.07 Å². The van der Waals surface area contributed by atoms with E-state index in [4.69, 9.17) is 21.3 Å². The first-order valence-electron chi connectivity index (χ1n) is 6.55. The van der Waals surface area contributed by atoms with Crippen LogP contribution in [0.25, 0.3) is 0 Å².